The monoisotopic (exact) mass is 501 g/mol. The third-order valence-electron chi connectivity index (χ3n) is 6.44. The molecule has 11 heteroatoms. The van der Waals surface area contributed by atoms with E-state index in [2.05, 4.69) is 33.1 Å². The van der Waals surface area contributed by atoms with Gasteiger partial charge in [0.05, 0.1) is 13.7 Å². The van der Waals surface area contributed by atoms with Gasteiger partial charge in [0.2, 0.25) is 11.4 Å². The Morgan fingerprint density at radius 3 is 2.54 bits per heavy atom. The van der Waals surface area contributed by atoms with Crippen LogP contribution in [0, 0.1) is 11.8 Å². The van der Waals surface area contributed by atoms with Crippen LogP contribution in [0.1, 0.15) is 39.9 Å². The molecule has 0 saturated carbocycles. The molecule has 0 bridgehead atoms. The van der Waals surface area contributed by atoms with Gasteiger partial charge >= 0.3 is 12.1 Å². The van der Waals surface area contributed by atoms with Crippen molar-refractivity contribution in [3.63, 3.8) is 0 Å². The van der Waals surface area contributed by atoms with Crippen LogP contribution < -0.4 is 26.0 Å². The highest BCUT2D eigenvalue weighted by Crippen LogP contribution is 2.28. The number of imide groups is 2. The predicted octanol–water partition coefficient (Wildman–Crippen LogP) is 1.27. The van der Waals surface area contributed by atoms with Crippen molar-refractivity contribution < 1.29 is 28.7 Å². The average Bonchev–Trinajstić information content (AvgIpc) is 3.34. The van der Waals surface area contributed by atoms with Gasteiger partial charge in [0.25, 0.3) is 11.8 Å². The lowest BCUT2D eigenvalue weighted by atomic mass is 9.98. The van der Waals surface area contributed by atoms with E-state index in [9.17, 15) is 24.0 Å². The minimum atomic E-state index is -1.65. The number of carbonyl (C=O) groups is 5. The summed E-state index contributed by atoms with van der Waals surface area (Å²) in [5.74, 6) is 5.08. The number of rotatable bonds is 3. The fraction of sp³-hybridized carbons (Fsp3) is 0.269. The van der Waals surface area contributed by atoms with Crippen molar-refractivity contribution in [1.82, 2.24) is 20.9 Å². The van der Waals surface area contributed by atoms with Gasteiger partial charge in [0.15, 0.2) is 0 Å². The van der Waals surface area contributed by atoms with Gasteiger partial charge in [-0.1, -0.05) is 17.9 Å². The molecule has 3 heterocycles. The third kappa shape index (κ3) is 4.69. The highest BCUT2D eigenvalue weighted by atomic mass is 16.5. The standard InChI is InChI=1S/C26H23N5O6/c1-37-18-7-6-17-13-31(22(33)19(17)12-18)14-26(23(34)29-25(36)30-26)10-9-15-5-8-20-16(11-15)3-2-4-21(32)28-24(35)27-20/h5-8,11-12H,2-4,13-14H2,1H3,(H2,27,28,32,35)(H2,29,30,34,36)/t26-/m1/s1. The van der Waals surface area contributed by atoms with E-state index in [1.54, 1.807) is 36.4 Å². The van der Waals surface area contributed by atoms with Crippen molar-refractivity contribution in [3.8, 4) is 17.6 Å². The maximum Gasteiger partial charge on any atom is 0.325 e. The second-order valence-corrected chi connectivity index (χ2v) is 8.98. The molecule has 2 aromatic carbocycles. The van der Waals surface area contributed by atoms with E-state index in [-0.39, 0.29) is 31.3 Å². The Morgan fingerprint density at radius 1 is 0.946 bits per heavy atom. The summed E-state index contributed by atoms with van der Waals surface area (Å²) in [5.41, 5.74) is 1.48. The molecule has 0 aromatic heterocycles. The van der Waals surface area contributed by atoms with Gasteiger partial charge in [-0.25, -0.2) is 9.59 Å². The summed E-state index contributed by atoms with van der Waals surface area (Å²) in [6.07, 6.45) is 1.27. The number of aryl methyl sites for hydroxylation is 1. The molecule has 3 aliphatic heterocycles. The van der Waals surface area contributed by atoms with Crippen LogP contribution in [0.2, 0.25) is 0 Å². The highest BCUT2D eigenvalue weighted by Gasteiger charge is 2.48. The average molecular weight is 501 g/mol. The Morgan fingerprint density at radius 2 is 1.78 bits per heavy atom. The lowest BCUT2D eigenvalue weighted by Gasteiger charge is -2.26. The predicted molar refractivity (Wildman–Crippen MR) is 131 cm³/mol. The first-order valence-corrected chi connectivity index (χ1v) is 11.6. The van der Waals surface area contributed by atoms with Gasteiger partial charge < -0.3 is 20.3 Å². The van der Waals surface area contributed by atoms with Crippen LogP contribution in [0.3, 0.4) is 0 Å². The largest absolute Gasteiger partial charge is 0.497 e. The van der Waals surface area contributed by atoms with E-state index in [0.29, 0.717) is 35.4 Å². The molecule has 1 saturated heterocycles. The molecule has 5 rings (SSSR count). The zero-order valence-electron chi connectivity index (χ0n) is 19.9. The first-order chi connectivity index (χ1) is 17.8. The molecule has 1 fully saturated rings. The van der Waals surface area contributed by atoms with Gasteiger partial charge in [0.1, 0.15) is 5.75 Å². The van der Waals surface area contributed by atoms with Crippen molar-refractivity contribution in [2.75, 3.05) is 19.0 Å². The number of urea groups is 2. The van der Waals surface area contributed by atoms with Crippen LogP contribution >= 0.6 is 0 Å². The Bertz CT molecular complexity index is 1420. The van der Waals surface area contributed by atoms with E-state index in [1.165, 1.54) is 12.0 Å². The van der Waals surface area contributed by atoms with Gasteiger partial charge in [-0.3, -0.25) is 25.0 Å². The lowest BCUT2D eigenvalue weighted by Crippen LogP contribution is -2.54. The van der Waals surface area contributed by atoms with Crippen LogP contribution in [-0.4, -0.2) is 53.9 Å². The molecule has 11 nitrogen and oxygen atoms in total. The van der Waals surface area contributed by atoms with E-state index in [4.69, 9.17) is 4.74 Å². The zero-order chi connectivity index (χ0) is 26.2. The van der Waals surface area contributed by atoms with E-state index in [0.717, 1.165) is 11.1 Å². The smallest absolute Gasteiger partial charge is 0.325 e. The van der Waals surface area contributed by atoms with Crippen molar-refractivity contribution in [2.24, 2.45) is 0 Å². The number of nitrogens with zero attached hydrogens (tertiary/aromatic N) is 1. The van der Waals surface area contributed by atoms with E-state index in [1.807, 2.05) is 0 Å². The number of hydrogen-bond acceptors (Lipinski definition) is 6. The van der Waals surface area contributed by atoms with Gasteiger partial charge in [-0.05, 0) is 54.3 Å². The Kier molecular flexibility index (Phi) is 6.01. The molecule has 0 unspecified atom stereocenters. The van der Waals surface area contributed by atoms with Crippen LogP contribution in [0.25, 0.3) is 0 Å². The molecule has 0 spiro atoms. The highest BCUT2D eigenvalue weighted by molar-refractivity contribution is 6.10. The second-order valence-electron chi connectivity index (χ2n) is 8.98. The normalized spacial score (nSPS) is 20.7. The maximum absolute atomic E-state index is 13.1. The third-order valence-corrected chi connectivity index (χ3v) is 6.44. The Hall–Kier alpha value is -4.85. The summed E-state index contributed by atoms with van der Waals surface area (Å²) in [6, 6.07) is 8.99. The van der Waals surface area contributed by atoms with E-state index >= 15 is 0 Å². The molecular formula is C26H23N5O6. The van der Waals surface area contributed by atoms with Crippen LogP contribution in [0.5, 0.6) is 5.75 Å². The number of amides is 7. The van der Waals surface area contributed by atoms with Gasteiger partial charge in [-0.15, -0.1) is 0 Å². The number of carbonyl (C=O) groups excluding carboxylic acids is 5. The molecule has 4 N–H and O–H groups in total. The molecule has 7 amide bonds. The van der Waals surface area contributed by atoms with Gasteiger partial charge in [0, 0.05) is 29.8 Å². The zero-order valence-corrected chi connectivity index (χ0v) is 19.9. The van der Waals surface area contributed by atoms with Crippen molar-refractivity contribution in [3.05, 3.63) is 58.7 Å². The fourth-order valence-electron chi connectivity index (χ4n) is 4.57. The van der Waals surface area contributed by atoms with Crippen LogP contribution in [0.15, 0.2) is 36.4 Å². The maximum atomic E-state index is 13.1. The number of fused-ring (bicyclic) bond motifs is 2. The molecule has 2 aromatic rings. The number of hydrogen-bond donors (Lipinski definition) is 4. The second kappa shape index (κ2) is 9.31. The fourth-order valence-corrected chi connectivity index (χ4v) is 4.57. The lowest BCUT2D eigenvalue weighted by molar-refractivity contribution is -0.122. The molecular weight excluding hydrogens is 478 g/mol. The van der Waals surface area contributed by atoms with Crippen molar-refractivity contribution >= 4 is 35.5 Å². The summed E-state index contributed by atoms with van der Waals surface area (Å²) < 4.78 is 5.21. The molecule has 3 aliphatic rings. The summed E-state index contributed by atoms with van der Waals surface area (Å²) in [6.45, 7) is 0.109. The minimum absolute atomic E-state index is 0.151. The Balaban J connectivity index is 1.43. The quantitative estimate of drug-likeness (QED) is 0.368. The number of ether oxygens (including phenoxy) is 1. The molecule has 188 valence electrons. The van der Waals surface area contributed by atoms with E-state index < -0.39 is 23.5 Å². The first kappa shape index (κ1) is 23.9. The first-order valence-electron chi connectivity index (χ1n) is 11.6. The summed E-state index contributed by atoms with van der Waals surface area (Å²) in [5, 5.41) is 9.72. The number of nitrogens with one attached hydrogen (secondary N) is 4. The summed E-state index contributed by atoms with van der Waals surface area (Å²) in [4.78, 5) is 63.2. The minimum Gasteiger partial charge on any atom is -0.497 e. The van der Waals surface area contributed by atoms with Crippen molar-refractivity contribution in [1.29, 1.82) is 0 Å². The Labute approximate surface area is 211 Å². The molecule has 1 atom stereocenters. The van der Waals surface area contributed by atoms with Gasteiger partial charge in [-0.2, -0.15) is 0 Å². The number of anilines is 1. The SMILES string of the molecule is COc1ccc2c(c1)C(=O)N(C[C@@]1(C#Cc3ccc4c(c3)CCCC(=O)NC(=O)N4)NC(=O)NC1=O)C2. The molecule has 37 heavy (non-hydrogen) atoms. The summed E-state index contributed by atoms with van der Waals surface area (Å²) in [7, 11) is 1.51. The summed E-state index contributed by atoms with van der Waals surface area (Å²) >= 11 is 0. The molecule has 0 radical (unpaired) electrons. The number of methoxy groups -OCH3 is 1. The van der Waals surface area contributed by atoms with Crippen LogP contribution in [-0.2, 0) is 22.6 Å². The molecule has 0 aliphatic carbocycles. The topological polar surface area (TPSA) is 146 Å². The van der Waals surface area contributed by atoms with Crippen LogP contribution in [0.4, 0.5) is 15.3 Å². The number of benzene rings is 2. The van der Waals surface area contributed by atoms with Crippen molar-refractivity contribution in [2.45, 2.75) is 31.3 Å².